The Morgan fingerprint density at radius 1 is 1.00 bits per heavy atom. The summed E-state index contributed by atoms with van der Waals surface area (Å²) in [4.78, 5) is 5.35. The first-order chi connectivity index (χ1) is 7.82. The van der Waals surface area contributed by atoms with E-state index in [0.29, 0.717) is 11.0 Å². The number of hydrogen-bond donors (Lipinski definition) is 0. The van der Waals surface area contributed by atoms with Crippen molar-refractivity contribution >= 4 is 0 Å². The second-order valence-corrected chi connectivity index (χ2v) is 7.55. The van der Waals surface area contributed by atoms with Crippen molar-refractivity contribution in [3.63, 3.8) is 0 Å². The van der Waals surface area contributed by atoms with Gasteiger partial charge in [-0.25, -0.2) is 0 Å². The molecular weight excluding hydrogens is 208 g/mol. The largest absolute Gasteiger partial charge is 0.300 e. The molecule has 0 N–H and O–H groups in total. The third-order valence-corrected chi connectivity index (χ3v) is 4.67. The van der Waals surface area contributed by atoms with Crippen LogP contribution in [0, 0.1) is 5.41 Å². The molecule has 2 heteroatoms. The highest BCUT2D eigenvalue weighted by Crippen LogP contribution is 2.40. The van der Waals surface area contributed by atoms with Crippen LogP contribution in [0.5, 0.6) is 0 Å². The molecule has 0 aliphatic carbocycles. The topological polar surface area (TPSA) is 6.48 Å². The number of hydrogen-bond acceptors (Lipinski definition) is 2. The maximum atomic E-state index is 2.72. The van der Waals surface area contributed by atoms with Crippen molar-refractivity contribution in [1.29, 1.82) is 0 Å². The van der Waals surface area contributed by atoms with Gasteiger partial charge in [0.05, 0.1) is 0 Å². The van der Waals surface area contributed by atoms with Gasteiger partial charge in [-0.1, -0.05) is 6.42 Å². The molecule has 17 heavy (non-hydrogen) atoms. The molecule has 0 aromatic rings. The molecule has 0 bridgehead atoms. The quantitative estimate of drug-likeness (QED) is 0.693. The summed E-state index contributed by atoms with van der Waals surface area (Å²) in [7, 11) is 0. The lowest BCUT2D eigenvalue weighted by molar-refractivity contribution is -0.0561. The van der Waals surface area contributed by atoms with Gasteiger partial charge in [-0.15, -0.1) is 0 Å². The zero-order valence-corrected chi connectivity index (χ0v) is 12.4. The zero-order chi connectivity index (χ0) is 12.7. The van der Waals surface area contributed by atoms with Gasteiger partial charge in [0.15, 0.2) is 0 Å². The SMILES string of the molecule is CC(C)N1CC2(CCCCN(C(C)(C)C)C2)C1. The highest BCUT2D eigenvalue weighted by atomic mass is 15.3. The second-order valence-electron chi connectivity index (χ2n) is 7.55. The summed E-state index contributed by atoms with van der Waals surface area (Å²) in [5.74, 6) is 0. The molecule has 2 nitrogen and oxygen atoms in total. The van der Waals surface area contributed by atoms with Gasteiger partial charge in [0.2, 0.25) is 0 Å². The van der Waals surface area contributed by atoms with Crippen molar-refractivity contribution in [3.8, 4) is 0 Å². The van der Waals surface area contributed by atoms with Crippen molar-refractivity contribution in [2.75, 3.05) is 26.2 Å². The maximum Gasteiger partial charge on any atom is 0.0125 e. The van der Waals surface area contributed by atoms with Gasteiger partial charge in [-0.05, 0) is 54.0 Å². The predicted octanol–water partition coefficient (Wildman–Crippen LogP) is 2.98. The monoisotopic (exact) mass is 238 g/mol. The minimum atomic E-state index is 0.343. The molecule has 0 radical (unpaired) electrons. The molecule has 2 heterocycles. The van der Waals surface area contributed by atoms with Gasteiger partial charge in [-0.2, -0.15) is 0 Å². The van der Waals surface area contributed by atoms with E-state index in [1.165, 1.54) is 45.4 Å². The normalized spacial score (nSPS) is 27.2. The van der Waals surface area contributed by atoms with Crippen molar-refractivity contribution in [1.82, 2.24) is 9.80 Å². The summed E-state index contributed by atoms with van der Waals surface area (Å²) >= 11 is 0. The van der Waals surface area contributed by atoms with Crippen LogP contribution in [-0.2, 0) is 0 Å². The zero-order valence-electron chi connectivity index (χ0n) is 12.4. The van der Waals surface area contributed by atoms with E-state index in [9.17, 15) is 0 Å². The van der Waals surface area contributed by atoms with Crippen LogP contribution in [0.1, 0.15) is 53.9 Å². The first kappa shape index (κ1) is 13.4. The molecule has 100 valence electrons. The molecule has 0 saturated carbocycles. The Balaban J connectivity index is 2.00. The van der Waals surface area contributed by atoms with Crippen LogP contribution in [0.2, 0.25) is 0 Å². The summed E-state index contributed by atoms with van der Waals surface area (Å²) < 4.78 is 0. The van der Waals surface area contributed by atoms with Crippen molar-refractivity contribution in [2.45, 2.75) is 65.5 Å². The highest BCUT2D eigenvalue weighted by Gasteiger charge is 2.46. The third-order valence-electron chi connectivity index (χ3n) is 4.67. The van der Waals surface area contributed by atoms with Crippen LogP contribution in [0.3, 0.4) is 0 Å². The average Bonchev–Trinajstić information content (AvgIpc) is 2.35. The maximum absolute atomic E-state index is 2.72. The molecule has 2 aliphatic heterocycles. The first-order valence-corrected chi connectivity index (χ1v) is 7.32. The van der Waals surface area contributed by atoms with Gasteiger partial charge in [0, 0.05) is 36.6 Å². The Kier molecular flexibility index (Phi) is 3.57. The molecule has 0 amide bonds. The molecule has 0 aromatic heterocycles. The van der Waals surface area contributed by atoms with Gasteiger partial charge in [0.25, 0.3) is 0 Å². The Morgan fingerprint density at radius 2 is 1.65 bits per heavy atom. The molecule has 0 unspecified atom stereocenters. The fourth-order valence-electron chi connectivity index (χ4n) is 3.38. The van der Waals surface area contributed by atoms with Crippen LogP contribution in [0.25, 0.3) is 0 Å². The molecular formula is C15H30N2. The Labute approximate surface area is 107 Å². The number of likely N-dealkylation sites (tertiary alicyclic amines) is 2. The fourth-order valence-corrected chi connectivity index (χ4v) is 3.38. The van der Waals surface area contributed by atoms with E-state index in [2.05, 4.69) is 44.4 Å². The van der Waals surface area contributed by atoms with E-state index in [0.717, 1.165) is 6.04 Å². The van der Waals surface area contributed by atoms with E-state index >= 15 is 0 Å². The lowest BCUT2D eigenvalue weighted by Gasteiger charge is -2.54. The van der Waals surface area contributed by atoms with Crippen LogP contribution in [0.15, 0.2) is 0 Å². The van der Waals surface area contributed by atoms with Crippen molar-refractivity contribution in [3.05, 3.63) is 0 Å². The first-order valence-electron chi connectivity index (χ1n) is 7.32. The summed E-state index contributed by atoms with van der Waals surface area (Å²) in [5, 5.41) is 0. The smallest absolute Gasteiger partial charge is 0.0125 e. The molecule has 2 aliphatic rings. The Hall–Kier alpha value is -0.0800. The van der Waals surface area contributed by atoms with Gasteiger partial charge >= 0.3 is 0 Å². The van der Waals surface area contributed by atoms with E-state index in [4.69, 9.17) is 0 Å². The molecule has 0 aromatic carbocycles. The van der Waals surface area contributed by atoms with E-state index < -0.39 is 0 Å². The van der Waals surface area contributed by atoms with E-state index in [-0.39, 0.29) is 0 Å². The van der Waals surface area contributed by atoms with Gasteiger partial charge < -0.3 is 0 Å². The molecule has 2 saturated heterocycles. The second kappa shape index (κ2) is 4.55. The van der Waals surface area contributed by atoms with Crippen LogP contribution in [0.4, 0.5) is 0 Å². The van der Waals surface area contributed by atoms with Crippen LogP contribution < -0.4 is 0 Å². The summed E-state index contributed by atoms with van der Waals surface area (Å²) in [5.41, 5.74) is 0.962. The van der Waals surface area contributed by atoms with Gasteiger partial charge in [-0.3, -0.25) is 9.80 Å². The van der Waals surface area contributed by atoms with E-state index in [1.807, 2.05) is 0 Å². The minimum Gasteiger partial charge on any atom is -0.300 e. The standard InChI is InChI=1S/C15H30N2/c1-13(2)16-10-15(11-16)8-6-7-9-17(12-15)14(3,4)5/h13H,6-12H2,1-5H3. The van der Waals surface area contributed by atoms with Gasteiger partial charge in [0.1, 0.15) is 0 Å². The molecule has 2 rings (SSSR count). The third kappa shape index (κ3) is 2.85. The van der Waals surface area contributed by atoms with Crippen molar-refractivity contribution in [2.24, 2.45) is 5.41 Å². The van der Waals surface area contributed by atoms with Crippen LogP contribution >= 0.6 is 0 Å². The molecule has 0 atom stereocenters. The summed E-state index contributed by atoms with van der Waals surface area (Å²) in [6, 6.07) is 0.729. The predicted molar refractivity (Wildman–Crippen MR) is 74.3 cm³/mol. The Morgan fingerprint density at radius 3 is 2.18 bits per heavy atom. The Bertz CT molecular complexity index is 259. The molecule has 1 spiro atoms. The minimum absolute atomic E-state index is 0.343. The lowest BCUT2D eigenvalue weighted by Crippen LogP contribution is -2.63. The fraction of sp³-hybridized carbons (Fsp3) is 1.00. The average molecular weight is 238 g/mol. The van der Waals surface area contributed by atoms with E-state index in [1.54, 1.807) is 0 Å². The number of rotatable bonds is 1. The summed E-state index contributed by atoms with van der Waals surface area (Å²) in [6.07, 6.45) is 4.27. The van der Waals surface area contributed by atoms with Crippen LogP contribution in [-0.4, -0.2) is 47.6 Å². The highest BCUT2D eigenvalue weighted by molar-refractivity contribution is 5.00. The van der Waals surface area contributed by atoms with Crippen molar-refractivity contribution < 1.29 is 0 Å². The summed E-state index contributed by atoms with van der Waals surface area (Å²) in [6.45, 7) is 17.0. The number of nitrogens with zero attached hydrogens (tertiary/aromatic N) is 2. The molecule has 2 fully saturated rings. The lowest BCUT2D eigenvalue weighted by atomic mass is 9.74.